The molecule has 0 heterocycles. The highest BCUT2D eigenvalue weighted by Crippen LogP contribution is 2.44. The van der Waals surface area contributed by atoms with Gasteiger partial charge >= 0.3 is 12.1 Å². The van der Waals surface area contributed by atoms with Gasteiger partial charge in [0.25, 0.3) is 0 Å². The zero-order chi connectivity index (χ0) is 23.4. The molecule has 2 aromatic rings. The summed E-state index contributed by atoms with van der Waals surface area (Å²) in [6, 6.07) is 14.6. The number of nitrogens with one attached hydrogen (secondary N) is 2. The zero-order valence-electron chi connectivity index (χ0n) is 17.9. The highest BCUT2D eigenvalue weighted by atomic mass is 16.5. The number of benzene rings is 2. The molecule has 0 saturated carbocycles. The van der Waals surface area contributed by atoms with Gasteiger partial charge in [-0.15, -0.1) is 12.3 Å². The molecular weight excluding hydrogens is 420 g/mol. The van der Waals surface area contributed by atoms with E-state index in [1.165, 1.54) is 0 Å². The maximum absolute atomic E-state index is 12.6. The first-order valence-electron chi connectivity index (χ1n) is 10.7. The Kier molecular flexibility index (Phi) is 6.45. The van der Waals surface area contributed by atoms with Gasteiger partial charge in [-0.25, -0.2) is 4.79 Å². The molecule has 0 bridgehead atoms. The Labute approximate surface area is 191 Å². The average Bonchev–Trinajstić information content (AvgIpc) is 3.40. The summed E-state index contributed by atoms with van der Waals surface area (Å²) < 4.78 is 5.49. The normalized spacial score (nSPS) is 19.1. The van der Waals surface area contributed by atoms with Gasteiger partial charge in [-0.3, -0.25) is 9.59 Å². The third-order valence-electron chi connectivity index (χ3n) is 6.00. The Bertz CT molecular complexity index is 1100. The molecule has 7 heteroatoms. The number of rotatable bonds is 7. The predicted octanol–water partition coefficient (Wildman–Crippen LogP) is 3.06. The number of ether oxygens (including phenoxy) is 1. The number of hydrogen-bond acceptors (Lipinski definition) is 4. The Morgan fingerprint density at radius 2 is 1.70 bits per heavy atom. The van der Waals surface area contributed by atoms with Crippen LogP contribution in [0.15, 0.2) is 60.7 Å². The molecule has 0 radical (unpaired) electrons. The van der Waals surface area contributed by atoms with Gasteiger partial charge in [0, 0.05) is 18.4 Å². The molecule has 3 atom stereocenters. The number of carboxylic acid groups (broad SMARTS) is 1. The summed E-state index contributed by atoms with van der Waals surface area (Å²) in [7, 11) is 0. The van der Waals surface area contributed by atoms with Crippen molar-refractivity contribution in [1.82, 2.24) is 10.6 Å². The minimum atomic E-state index is -0.983. The standard InChI is InChI=1S/C26H24N2O5/c1-2-7-23(24(29)27-17-13-12-16(14-17)25(30)31)28-26(32)33-15-22-20-10-5-3-8-18(20)19-9-4-6-11-21(19)22/h1,3-6,8-13,16-17,22-23H,7,14-15H2,(H,27,29)(H,28,32)(H,30,31). The molecule has 0 saturated heterocycles. The van der Waals surface area contributed by atoms with Crippen molar-refractivity contribution >= 4 is 18.0 Å². The van der Waals surface area contributed by atoms with E-state index in [0.717, 1.165) is 22.3 Å². The van der Waals surface area contributed by atoms with Crippen molar-refractivity contribution in [3.8, 4) is 23.5 Å². The maximum Gasteiger partial charge on any atom is 0.407 e. The van der Waals surface area contributed by atoms with Gasteiger partial charge in [-0.05, 0) is 28.7 Å². The molecule has 0 aromatic heterocycles. The monoisotopic (exact) mass is 444 g/mol. The van der Waals surface area contributed by atoms with E-state index in [2.05, 4.69) is 16.6 Å². The predicted molar refractivity (Wildman–Crippen MR) is 122 cm³/mol. The first kappa shape index (κ1) is 22.2. The molecule has 3 N–H and O–H groups in total. The molecule has 168 valence electrons. The van der Waals surface area contributed by atoms with Gasteiger partial charge in [0.1, 0.15) is 12.6 Å². The average molecular weight is 444 g/mol. The summed E-state index contributed by atoms with van der Waals surface area (Å²) in [4.78, 5) is 36.2. The largest absolute Gasteiger partial charge is 0.481 e. The lowest BCUT2D eigenvalue weighted by Crippen LogP contribution is -2.49. The molecule has 0 fully saturated rings. The third kappa shape index (κ3) is 4.75. The van der Waals surface area contributed by atoms with Gasteiger partial charge in [0.2, 0.25) is 5.91 Å². The van der Waals surface area contributed by atoms with Gasteiger partial charge in [-0.1, -0.05) is 60.7 Å². The van der Waals surface area contributed by atoms with Crippen LogP contribution in [-0.4, -0.2) is 41.8 Å². The molecule has 2 aliphatic rings. The third-order valence-corrected chi connectivity index (χ3v) is 6.00. The van der Waals surface area contributed by atoms with E-state index < -0.39 is 36.0 Å². The molecule has 3 unspecified atom stereocenters. The van der Waals surface area contributed by atoms with E-state index in [0.29, 0.717) is 0 Å². The first-order valence-corrected chi connectivity index (χ1v) is 10.7. The van der Waals surface area contributed by atoms with Gasteiger partial charge in [-0.2, -0.15) is 0 Å². The molecule has 33 heavy (non-hydrogen) atoms. The lowest BCUT2D eigenvalue weighted by Gasteiger charge is -2.20. The van der Waals surface area contributed by atoms with Crippen molar-refractivity contribution in [2.45, 2.75) is 30.8 Å². The summed E-state index contributed by atoms with van der Waals surface area (Å²) in [5.41, 5.74) is 4.42. The van der Waals surface area contributed by atoms with E-state index in [9.17, 15) is 14.4 Å². The molecule has 0 aliphatic heterocycles. The number of carbonyl (C=O) groups is 3. The highest BCUT2D eigenvalue weighted by Gasteiger charge is 2.31. The van der Waals surface area contributed by atoms with Crippen molar-refractivity contribution in [1.29, 1.82) is 0 Å². The second-order valence-corrected chi connectivity index (χ2v) is 8.11. The van der Waals surface area contributed by atoms with Crippen molar-refractivity contribution in [3.63, 3.8) is 0 Å². The fourth-order valence-electron chi connectivity index (χ4n) is 4.38. The van der Waals surface area contributed by atoms with E-state index in [-0.39, 0.29) is 25.4 Å². The van der Waals surface area contributed by atoms with Crippen LogP contribution < -0.4 is 10.6 Å². The number of terminal acetylenes is 1. The van der Waals surface area contributed by atoms with Crippen molar-refractivity contribution in [3.05, 3.63) is 71.8 Å². The van der Waals surface area contributed by atoms with Crippen LogP contribution >= 0.6 is 0 Å². The lowest BCUT2D eigenvalue weighted by molar-refractivity contribution is -0.140. The van der Waals surface area contributed by atoms with Crippen LogP contribution in [0.2, 0.25) is 0 Å². The van der Waals surface area contributed by atoms with E-state index in [1.807, 2.05) is 48.5 Å². The molecule has 7 nitrogen and oxygen atoms in total. The summed E-state index contributed by atoms with van der Waals surface area (Å²) in [6.07, 6.45) is 8.06. The minimum absolute atomic E-state index is 0.0190. The van der Waals surface area contributed by atoms with Gasteiger partial charge in [0.05, 0.1) is 5.92 Å². The van der Waals surface area contributed by atoms with Crippen LogP contribution in [0.1, 0.15) is 29.9 Å². The van der Waals surface area contributed by atoms with Crippen LogP contribution in [0, 0.1) is 18.3 Å². The SMILES string of the molecule is C#CCC(NC(=O)OCC1c2ccccc2-c2ccccc21)C(=O)NC1C=CC(C(=O)O)C1. The molecule has 4 rings (SSSR count). The number of amides is 2. The van der Waals surface area contributed by atoms with Crippen molar-refractivity contribution < 1.29 is 24.2 Å². The van der Waals surface area contributed by atoms with Gasteiger partial charge in [0.15, 0.2) is 0 Å². The number of carboxylic acids is 1. The fraction of sp³-hybridized carbons (Fsp3) is 0.269. The zero-order valence-corrected chi connectivity index (χ0v) is 17.9. The van der Waals surface area contributed by atoms with E-state index in [1.54, 1.807) is 12.2 Å². The van der Waals surface area contributed by atoms with Gasteiger partial charge < -0.3 is 20.5 Å². The number of alkyl carbamates (subject to hydrolysis) is 1. The summed E-state index contributed by atoms with van der Waals surface area (Å²) in [5, 5.41) is 14.3. The molecule has 2 aromatic carbocycles. The van der Waals surface area contributed by atoms with Crippen LogP contribution in [0.3, 0.4) is 0 Å². The quantitative estimate of drug-likeness (QED) is 0.450. The molecular formula is C26H24N2O5. The Balaban J connectivity index is 1.36. The Morgan fingerprint density at radius 1 is 1.06 bits per heavy atom. The van der Waals surface area contributed by atoms with Crippen LogP contribution in [0.5, 0.6) is 0 Å². The van der Waals surface area contributed by atoms with E-state index in [4.69, 9.17) is 16.3 Å². The topological polar surface area (TPSA) is 105 Å². The molecule has 2 aliphatic carbocycles. The lowest BCUT2D eigenvalue weighted by atomic mass is 9.98. The summed E-state index contributed by atoms with van der Waals surface area (Å²) in [5.74, 6) is 0.218. The maximum atomic E-state index is 12.6. The number of fused-ring (bicyclic) bond motifs is 3. The minimum Gasteiger partial charge on any atom is -0.481 e. The first-order chi connectivity index (χ1) is 16.0. The van der Waals surface area contributed by atoms with Crippen LogP contribution in [0.4, 0.5) is 4.79 Å². The summed E-state index contributed by atoms with van der Waals surface area (Å²) >= 11 is 0. The highest BCUT2D eigenvalue weighted by molar-refractivity contribution is 5.86. The fourth-order valence-corrected chi connectivity index (χ4v) is 4.38. The Morgan fingerprint density at radius 3 is 2.27 bits per heavy atom. The number of hydrogen-bond donors (Lipinski definition) is 3. The van der Waals surface area contributed by atoms with Crippen molar-refractivity contribution in [2.75, 3.05) is 6.61 Å². The van der Waals surface area contributed by atoms with Crippen LogP contribution in [0.25, 0.3) is 11.1 Å². The van der Waals surface area contributed by atoms with Crippen molar-refractivity contribution in [2.24, 2.45) is 5.92 Å². The summed E-state index contributed by atoms with van der Waals surface area (Å²) in [6.45, 7) is 0.121. The second kappa shape index (κ2) is 9.61. The number of carbonyl (C=O) groups excluding carboxylic acids is 2. The second-order valence-electron chi connectivity index (χ2n) is 8.11. The smallest absolute Gasteiger partial charge is 0.407 e. The van der Waals surface area contributed by atoms with Crippen LogP contribution in [-0.2, 0) is 14.3 Å². The number of aliphatic carboxylic acids is 1. The molecule has 2 amide bonds. The molecule has 0 spiro atoms. The van der Waals surface area contributed by atoms with E-state index >= 15 is 0 Å². The Hall–Kier alpha value is -4.05.